The van der Waals surface area contributed by atoms with E-state index >= 15 is 0 Å². The van der Waals surface area contributed by atoms with Gasteiger partial charge in [-0.2, -0.15) is 11.8 Å². The molecule has 0 amide bonds. The number of furan rings is 1. The summed E-state index contributed by atoms with van der Waals surface area (Å²) in [6.45, 7) is 4.94. The van der Waals surface area contributed by atoms with Crippen LogP contribution in [-0.2, 0) is 5.75 Å². The van der Waals surface area contributed by atoms with Crippen molar-refractivity contribution in [2.75, 3.05) is 6.54 Å². The minimum Gasteiger partial charge on any atom is -0.466 e. The number of nitrogens with two attached hydrogens (primary N) is 1. The van der Waals surface area contributed by atoms with E-state index in [0.29, 0.717) is 5.25 Å². The quantitative estimate of drug-likeness (QED) is 0.792. The molecular weight excluding hydrogens is 182 g/mol. The van der Waals surface area contributed by atoms with Gasteiger partial charge in [0.25, 0.3) is 0 Å². The van der Waals surface area contributed by atoms with Crippen LogP contribution in [0.5, 0.6) is 0 Å². The summed E-state index contributed by atoms with van der Waals surface area (Å²) in [6, 6.07) is 4.04. The summed E-state index contributed by atoms with van der Waals surface area (Å²) < 4.78 is 5.46. The van der Waals surface area contributed by atoms with E-state index < -0.39 is 0 Å². The molecule has 0 saturated carbocycles. The van der Waals surface area contributed by atoms with Gasteiger partial charge in [0.15, 0.2) is 0 Å². The van der Waals surface area contributed by atoms with Crippen LogP contribution in [0.3, 0.4) is 0 Å². The summed E-state index contributed by atoms with van der Waals surface area (Å²) in [5, 5.41) is 0.621. The van der Waals surface area contributed by atoms with Gasteiger partial charge in [-0.25, -0.2) is 0 Å². The zero-order valence-electron chi connectivity index (χ0n) is 8.25. The molecule has 0 saturated heterocycles. The molecule has 0 spiro atoms. The molecule has 2 nitrogen and oxygen atoms in total. The van der Waals surface area contributed by atoms with Crippen LogP contribution in [0.1, 0.15) is 24.9 Å². The van der Waals surface area contributed by atoms with Gasteiger partial charge in [0.05, 0.1) is 5.75 Å². The number of rotatable bonds is 5. The van der Waals surface area contributed by atoms with E-state index in [-0.39, 0.29) is 0 Å². The molecule has 0 aliphatic rings. The first kappa shape index (κ1) is 10.7. The van der Waals surface area contributed by atoms with Gasteiger partial charge < -0.3 is 10.2 Å². The number of aryl methyl sites for hydroxylation is 1. The number of thioether (sulfide) groups is 1. The van der Waals surface area contributed by atoms with Crippen LogP contribution >= 0.6 is 11.8 Å². The van der Waals surface area contributed by atoms with Crippen LogP contribution in [-0.4, -0.2) is 11.8 Å². The maximum Gasteiger partial charge on any atom is 0.114 e. The summed E-state index contributed by atoms with van der Waals surface area (Å²) in [4.78, 5) is 0. The van der Waals surface area contributed by atoms with E-state index in [1.54, 1.807) is 0 Å². The highest BCUT2D eigenvalue weighted by atomic mass is 32.2. The Kier molecular flexibility index (Phi) is 4.39. The monoisotopic (exact) mass is 199 g/mol. The lowest BCUT2D eigenvalue weighted by atomic mass is 10.3. The smallest absolute Gasteiger partial charge is 0.114 e. The van der Waals surface area contributed by atoms with Crippen LogP contribution in [0, 0.1) is 6.92 Å². The second-order valence-electron chi connectivity index (χ2n) is 3.21. The lowest BCUT2D eigenvalue weighted by Gasteiger charge is -2.07. The Hall–Kier alpha value is -0.410. The van der Waals surface area contributed by atoms with Gasteiger partial charge in [0.1, 0.15) is 11.5 Å². The van der Waals surface area contributed by atoms with Crippen molar-refractivity contribution in [2.45, 2.75) is 31.3 Å². The van der Waals surface area contributed by atoms with Gasteiger partial charge in [-0.1, -0.05) is 6.92 Å². The third kappa shape index (κ3) is 3.87. The predicted molar refractivity (Wildman–Crippen MR) is 57.9 cm³/mol. The molecule has 74 valence electrons. The predicted octanol–water partition coefficient (Wildman–Crippen LogP) is 2.56. The zero-order chi connectivity index (χ0) is 9.68. The van der Waals surface area contributed by atoms with Crippen LogP contribution in [0.25, 0.3) is 0 Å². The van der Waals surface area contributed by atoms with Gasteiger partial charge >= 0.3 is 0 Å². The minimum atomic E-state index is 0.621. The highest BCUT2D eigenvalue weighted by molar-refractivity contribution is 7.99. The molecule has 1 aromatic rings. The summed E-state index contributed by atoms with van der Waals surface area (Å²) >= 11 is 1.89. The molecule has 1 atom stereocenters. The van der Waals surface area contributed by atoms with Gasteiger partial charge in [0.2, 0.25) is 0 Å². The molecule has 1 unspecified atom stereocenters. The Bertz CT molecular complexity index is 247. The standard InChI is InChI=1S/C10H17NOS/c1-8-3-4-10(12-8)7-13-9(2)5-6-11/h3-4,9H,5-7,11H2,1-2H3. The maximum absolute atomic E-state index is 5.47. The molecule has 0 aliphatic heterocycles. The zero-order valence-corrected chi connectivity index (χ0v) is 9.06. The summed E-state index contributed by atoms with van der Waals surface area (Å²) in [6.07, 6.45) is 1.07. The molecule has 3 heteroatoms. The van der Waals surface area contributed by atoms with Crippen LogP contribution < -0.4 is 5.73 Å². The maximum atomic E-state index is 5.47. The number of hydrogen-bond acceptors (Lipinski definition) is 3. The highest BCUT2D eigenvalue weighted by Crippen LogP contribution is 2.20. The van der Waals surface area contributed by atoms with Crippen LogP contribution in [0.2, 0.25) is 0 Å². The third-order valence-electron chi connectivity index (χ3n) is 1.88. The Morgan fingerprint density at radius 2 is 2.31 bits per heavy atom. The van der Waals surface area contributed by atoms with Gasteiger partial charge in [-0.3, -0.25) is 0 Å². The topological polar surface area (TPSA) is 39.2 Å². The van der Waals surface area contributed by atoms with Crippen molar-refractivity contribution < 1.29 is 4.42 Å². The van der Waals surface area contributed by atoms with Gasteiger partial charge in [-0.05, 0) is 32.0 Å². The third-order valence-corrected chi connectivity index (χ3v) is 3.14. The van der Waals surface area contributed by atoms with Crippen molar-refractivity contribution in [1.82, 2.24) is 0 Å². The summed E-state index contributed by atoms with van der Waals surface area (Å²) in [7, 11) is 0. The molecule has 0 radical (unpaired) electrons. The van der Waals surface area contributed by atoms with Crippen molar-refractivity contribution in [2.24, 2.45) is 5.73 Å². The molecule has 0 aromatic carbocycles. The number of hydrogen-bond donors (Lipinski definition) is 1. The Labute approximate surface area is 83.9 Å². The average Bonchev–Trinajstić information content (AvgIpc) is 2.49. The van der Waals surface area contributed by atoms with E-state index in [4.69, 9.17) is 10.2 Å². The second-order valence-corrected chi connectivity index (χ2v) is 4.64. The Morgan fingerprint density at radius 3 is 2.85 bits per heavy atom. The first-order valence-electron chi connectivity index (χ1n) is 4.59. The molecule has 2 N–H and O–H groups in total. The molecule has 0 aliphatic carbocycles. The molecule has 0 fully saturated rings. The Morgan fingerprint density at radius 1 is 1.54 bits per heavy atom. The van der Waals surface area contributed by atoms with Crippen molar-refractivity contribution in [3.8, 4) is 0 Å². The van der Waals surface area contributed by atoms with Gasteiger partial charge in [0, 0.05) is 5.25 Å². The van der Waals surface area contributed by atoms with E-state index in [2.05, 4.69) is 6.92 Å². The summed E-state index contributed by atoms with van der Waals surface area (Å²) in [5.74, 6) is 3.00. The van der Waals surface area contributed by atoms with E-state index in [0.717, 1.165) is 30.2 Å². The van der Waals surface area contributed by atoms with Crippen LogP contribution in [0.15, 0.2) is 16.5 Å². The average molecular weight is 199 g/mol. The second kappa shape index (κ2) is 5.35. The normalized spacial score (nSPS) is 13.2. The van der Waals surface area contributed by atoms with Crippen molar-refractivity contribution in [1.29, 1.82) is 0 Å². The van der Waals surface area contributed by atoms with Crippen molar-refractivity contribution >= 4 is 11.8 Å². The first-order valence-corrected chi connectivity index (χ1v) is 5.64. The largest absolute Gasteiger partial charge is 0.466 e. The minimum absolute atomic E-state index is 0.621. The first-order chi connectivity index (χ1) is 6.22. The lowest BCUT2D eigenvalue weighted by molar-refractivity contribution is 0.501. The summed E-state index contributed by atoms with van der Waals surface area (Å²) in [5.41, 5.74) is 5.47. The fourth-order valence-corrected chi connectivity index (χ4v) is 2.01. The molecule has 1 heterocycles. The Balaban J connectivity index is 2.26. The van der Waals surface area contributed by atoms with E-state index in [9.17, 15) is 0 Å². The van der Waals surface area contributed by atoms with Crippen molar-refractivity contribution in [3.63, 3.8) is 0 Å². The fourth-order valence-electron chi connectivity index (χ4n) is 1.11. The van der Waals surface area contributed by atoms with E-state index in [1.165, 1.54) is 0 Å². The molecule has 1 rings (SSSR count). The molecule has 1 aromatic heterocycles. The fraction of sp³-hybridized carbons (Fsp3) is 0.600. The lowest BCUT2D eigenvalue weighted by Crippen LogP contribution is -2.06. The molecule has 0 bridgehead atoms. The van der Waals surface area contributed by atoms with Crippen molar-refractivity contribution in [3.05, 3.63) is 23.7 Å². The van der Waals surface area contributed by atoms with E-state index in [1.807, 2.05) is 30.8 Å². The molecular formula is C10H17NOS. The highest BCUT2D eigenvalue weighted by Gasteiger charge is 2.03. The van der Waals surface area contributed by atoms with Crippen LogP contribution in [0.4, 0.5) is 0 Å². The SMILES string of the molecule is Cc1ccc(CSC(C)CCN)o1. The van der Waals surface area contributed by atoms with Gasteiger partial charge in [-0.15, -0.1) is 0 Å². The molecule has 13 heavy (non-hydrogen) atoms.